The van der Waals surface area contributed by atoms with Crippen molar-refractivity contribution >= 4 is 0 Å². The third kappa shape index (κ3) is 2.74. The van der Waals surface area contributed by atoms with Crippen molar-refractivity contribution in [2.24, 2.45) is 0 Å². The van der Waals surface area contributed by atoms with Crippen LogP contribution in [0.1, 0.15) is 11.3 Å². The second-order valence-corrected chi connectivity index (χ2v) is 4.26. The summed E-state index contributed by atoms with van der Waals surface area (Å²) >= 11 is 0. The van der Waals surface area contributed by atoms with E-state index in [9.17, 15) is 0 Å². The van der Waals surface area contributed by atoms with Crippen LogP contribution in [0.2, 0.25) is 0 Å². The Hall–Kier alpha value is -2.33. The lowest BCUT2D eigenvalue weighted by atomic mass is 10.2. The zero-order valence-corrected chi connectivity index (χ0v) is 10.5. The van der Waals surface area contributed by atoms with Gasteiger partial charge in [-0.25, -0.2) is 4.68 Å². The van der Waals surface area contributed by atoms with Crippen molar-refractivity contribution in [1.29, 1.82) is 0 Å². The van der Waals surface area contributed by atoms with Gasteiger partial charge in [0.15, 0.2) is 0 Å². The molecule has 0 spiro atoms. The van der Waals surface area contributed by atoms with Crippen LogP contribution in [0.5, 0.6) is 0 Å². The summed E-state index contributed by atoms with van der Waals surface area (Å²) in [5.41, 5.74) is 2.30. The molecule has 0 aliphatic carbocycles. The highest BCUT2D eigenvalue weighted by atomic mass is 16.3. The van der Waals surface area contributed by atoms with Crippen LogP contribution in [0.4, 0.5) is 0 Å². The maximum atomic E-state index is 5.29. The Bertz CT molecular complexity index is 615. The number of hydrogen-bond acceptors (Lipinski definition) is 3. The number of rotatable bonds is 5. The fourth-order valence-electron chi connectivity index (χ4n) is 2.03. The molecule has 2 aromatic heterocycles. The molecule has 0 amide bonds. The van der Waals surface area contributed by atoms with E-state index in [4.69, 9.17) is 4.42 Å². The minimum absolute atomic E-state index is 0.723. The van der Waals surface area contributed by atoms with Crippen LogP contribution in [0.25, 0.3) is 5.69 Å². The molecule has 0 aliphatic heterocycles. The van der Waals surface area contributed by atoms with Crippen molar-refractivity contribution in [1.82, 2.24) is 15.1 Å². The normalized spacial score (nSPS) is 10.7. The molecular formula is C15H15N3O. The molecule has 0 fully saturated rings. The number of aromatic nitrogens is 2. The number of nitrogens with one attached hydrogen (secondary N) is 1. The molecule has 4 nitrogen and oxygen atoms in total. The van der Waals surface area contributed by atoms with Gasteiger partial charge in [0, 0.05) is 18.9 Å². The molecule has 0 unspecified atom stereocenters. The van der Waals surface area contributed by atoms with Gasteiger partial charge < -0.3 is 9.73 Å². The summed E-state index contributed by atoms with van der Waals surface area (Å²) in [6, 6.07) is 14.0. The van der Waals surface area contributed by atoms with E-state index in [0.717, 1.165) is 24.5 Å². The van der Waals surface area contributed by atoms with E-state index in [-0.39, 0.29) is 0 Å². The molecule has 3 rings (SSSR count). The van der Waals surface area contributed by atoms with Crippen molar-refractivity contribution in [2.75, 3.05) is 0 Å². The minimum atomic E-state index is 0.723. The molecule has 96 valence electrons. The van der Waals surface area contributed by atoms with Gasteiger partial charge in [0.1, 0.15) is 5.76 Å². The first-order valence-electron chi connectivity index (χ1n) is 6.24. The van der Waals surface area contributed by atoms with Crippen LogP contribution in [0.3, 0.4) is 0 Å². The molecule has 2 heterocycles. The van der Waals surface area contributed by atoms with Gasteiger partial charge in [0.2, 0.25) is 0 Å². The molecule has 4 heteroatoms. The van der Waals surface area contributed by atoms with E-state index in [1.165, 1.54) is 5.56 Å². The quantitative estimate of drug-likeness (QED) is 0.760. The molecule has 0 aliphatic rings. The molecule has 1 N–H and O–H groups in total. The fourth-order valence-corrected chi connectivity index (χ4v) is 2.03. The molecule has 1 aromatic carbocycles. The van der Waals surface area contributed by atoms with Crippen molar-refractivity contribution in [3.63, 3.8) is 0 Å². The third-order valence-corrected chi connectivity index (χ3v) is 2.94. The molecule has 0 saturated carbocycles. The van der Waals surface area contributed by atoms with Crippen LogP contribution < -0.4 is 5.32 Å². The van der Waals surface area contributed by atoms with Gasteiger partial charge in [-0.05, 0) is 29.8 Å². The van der Waals surface area contributed by atoms with Gasteiger partial charge in [-0.2, -0.15) is 5.10 Å². The highest BCUT2D eigenvalue weighted by Crippen LogP contribution is 2.13. The Kier molecular flexibility index (Phi) is 3.42. The smallest absolute Gasteiger partial charge is 0.117 e. The molecular weight excluding hydrogens is 238 g/mol. The third-order valence-electron chi connectivity index (χ3n) is 2.94. The summed E-state index contributed by atoms with van der Waals surface area (Å²) in [5, 5.41) is 7.65. The van der Waals surface area contributed by atoms with Gasteiger partial charge in [0.25, 0.3) is 0 Å². The van der Waals surface area contributed by atoms with E-state index in [1.807, 2.05) is 41.2 Å². The van der Waals surface area contributed by atoms with E-state index in [0.29, 0.717) is 0 Å². The van der Waals surface area contributed by atoms with Gasteiger partial charge in [0.05, 0.1) is 18.5 Å². The first-order chi connectivity index (χ1) is 9.43. The summed E-state index contributed by atoms with van der Waals surface area (Å²) in [5.74, 6) is 0.941. The topological polar surface area (TPSA) is 43.0 Å². The zero-order chi connectivity index (χ0) is 12.9. The lowest BCUT2D eigenvalue weighted by Gasteiger charge is -2.10. The van der Waals surface area contributed by atoms with Crippen LogP contribution >= 0.6 is 0 Å². The molecule has 3 aromatic rings. The first-order valence-corrected chi connectivity index (χ1v) is 6.24. The van der Waals surface area contributed by atoms with E-state index >= 15 is 0 Å². The highest BCUT2D eigenvalue weighted by Gasteiger charge is 2.04. The maximum Gasteiger partial charge on any atom is 0.117 e. The first kappa shape index (κ1) is 11.7. The summed E-state index contributed by atoms with van der Waals surface area (Å²) in [4.78, 5) is 0. The molecule has 0 bridgehead atoms. The second-order valence-electron chi connectivity index (χ2n) is 4.26. The van der Waals surface area contributed by atoms with E-state index in [1.54, 1.807) is 12.5 Å². The Balaban J connectivity index is 1.71. The predicted molar refractivity (Wildman–Crippen MR) is 72.8 cm³/mol. The summed E-state index contributed by atoms with van der Waals surface area (Å²) in [6.07, 6.45) is 5.42. The lowest BCUT2D eigenvalue weighted by molar-refractivity contribution is 0.482. The monoisotopic (exact) mass is 253 g/mol. The van der Waals surface area contributed by atoms with Gasteiger partial charge in [-0.3, -0.25) is 0 Å². The van der Waals surface area contributed by atoms with Crippen LogP contribution in [0, 0.1) is 0 Å². The van der Waals surface area contributed by atoms with Crippen molar-refractivity contribution in [2.45, 2.75) is 13.1 Å². The Labute approximate surface area is 111 Å². The van der Waals surface area contributed by atoms with Crippen LogP contribution in [0.15, 0.2) is 65.5 Å². The average Bonchev–Trinajstić information content (AvgIpc) is 3.12. The minimum Gasteiger partial charge on any atom is -0.468 e. The number of para-hydroxylation sites is 1. The number of nitrogens with zero attached hydrogens (tertiary/aromatic N) is 2. The Morgan fingerprint density at radius 3 is 2.79 bits per heavy atom. The predicted octanol–water partition coefficient (Wildman–Crippen LogP) is 2.76. The maximum absolute atomic E-state index is 5.29. The lowest BCUT2D eigenvalue weighted by Crippen LogP contribution is -2.14. The van der Waals surface area contributed by atoms with Crippen molar-refractivity contribution in [3.8, 4) is 5.69 Å². The van der Waals surface area contributed by atoms with Crippen molar-refractivity contribution in [3.05, 3.63) is 72.4 Å². The van der Waals surface area contributed by atoms with Crippen LogP contribution in [-0.4, -0.2) is 9.78 Å². The van der Waals surface area contributed by atoms with E-state index < -0.39 is 0 Å². The average molecular weight is 253 g/mol. The summed E-state index contributed by atoms with van der Waals surface area (Å²) < 4.78 is 7.17. The number of furan rings is 1. The largest absolute Gasteiger partial charge is 0.468 e. The summed E-state index contributed by atoms with van der Waals surface area (Å²) in [7, 11) is 0. The van der Waals surface area contributed by atoms with Crippen LogP contribution in [-0.2, 0) is 13.1 Å². The fraction of sp³-hybridized carbons (Fsp3) is 0.133. The molecule has 0 radical (unpaired) electrons. The number of hydrogen-bond donors (Lipinski definition) is 1. The zero-order valence-electron chi connectivity index (χ0n) is 10.5. The van der Waals surface area contributed by atoms with E-state index in [2.05, 4.69) is 22.5 Å². The van der Waals surface area contributed by atoms with Gasteiger partial charge >= 0.3 is 0 Å². The molecule has 0 atom stereocenters. The van der Waals surface area contributed by atoms with Gasteiger partial charge in [-0.1, -0.05) is 18.2 Å². The standard InChI is InChI=1S/C15H15N3O/c1-2-7-15(18-9-4-8-17-18)13(5-1)11-16-12-14-6-3-10-19-14/h1-10,16H,11-12H2. The summed E-state index contributed by atoms with van der Waals surface area (Å²) in [6.45, 7) is 1.50. The Morgan fingerprint density at radius 2 is 2.00 bits per heavy atom. The van der Waals surface area contributed by atoms with Gasteiger partial charge in [-0.15, -0.1) is 0 Å². The molecule has 0 saturated heterocycles. The number of benzene rings is 1. The second kappa shape index (κ2) is 5.54. The SMILES string of the molecule is c1coc(CNCc2ccccc2-n2cccn2)c1. The highest BCUT2D eigenvalue weighted by molar-refractivity contribution is 5.40. The molecule has 19 heavy (non-hydrogen) atoms. The Morgan fingerprint density at radius 1 is 1.05 bits per heavy atom. The van der Waals surface area contributed by atoms with Crippen molar-refractivity contribution < 1.29 is 4.42 Å².